The van der Waals surface area contributed by atoms with Gasteiger partial charge in [0.05, 0.1) is 34.8 Å². The van der Waals surface area contributed by atoms with Gasteiger partial charge in [0, 0.05) is 29.2 Å². The Morgan fingerprint density at radius 1 is 1.19 bits per heavy atom. The van der Waals surface area contributed by atoms with Crippen LogP contribution in [0.15, 0.2) is 65.8 Å². The lowest BCUT2D eigenvalue weighted by Gasteiger charge is -2.16. The van der Waals surface area contributed by atoms with Gasteiger partial charge < -0.3 is 14.9 Å². The minimum Gasteiger partial charge on any atom is -0.378 e. The number of rotatable bonds is 4. The molecule has 0 aliphatic rings. The first-order valence-electron chi connectivity index (χ1n) is 8.67. The van der Waals surface area contributed by atoms with Crippen LogP contribution in [0, 0.1) is 0 Å². The van der Waals surface area contributed by atoms with E-state index in [1.54, 1.807) is 12.4 Å². The lowest BCUT2D eigenvalue weighted by Crippen LogP contribution is -2.19. The van der Waals surface area contributed by atoms with Crippen LogP contribution in [0.3, 0.4) is 0 Å². The van der Waals surface area contributed by atoms with Gasteiger partial charge in [-0.2, -0.15) is 0 Å². The SMILES string of the molecule is C[C@H](Nc1cccc(-c2cncn2C)c1)c1cc2cccc(Cl)c2[nH]c1=O. The predicted octanol–water partition coefficient (Wildman–Crippen LogP) is 4.76. The van der Waals surface area contributed by atoms with Gasteiger partial charge in [-0.1, -0.05) is 35.9 Å². The summed E-state index contributed by atoms with van der Waals surface area (Å²) in [6.07, 6.45) is 3.61. The van der Waals surface area contributed by atoms with Crippen molar-refractivity contribution in [2.45, 2.75) is 13.0 Å². The number of halogens is 1. The highest BCUT2D eigenvalue weighted by Crippen LogP contribution is 2.26. The van der Waals surface area contributed by atoms with E-state index in [2.05, 4.69) is 21.4 Å². The van der Waals surface area contributed by atoms with Crippen molar-refractivity contribution in [3.8, 4) is 11.3 Å². The first-order chi connectivity index (χ1) is 13.0. The van der Waals surface area contributed by atoms with Crippen molar-refractivity contribution in [2.75, 3.05) is 5.32 Å². The zero-order chi connectivity index (χ0) is 19.0. The van der Waals surface area contributed by atoms with Gasteiger partial charge >= 0.3 is 0 Å². The highest BCUT2D eigenvalue weighted by molar-refractivity contribution is 6.35. The van der Waals surface area contributed by atoms with E-state index < -0.39 is 0 Å². The molecule has 2 aromatic carbocycles. The van der Waals surface area contributed by atoms with Crippen LogP contribution < -0.4 is 10.9 Å². The Morgan fingerprint density at radius 2 is 2.00 bits per heavy atom. The van der Waals surface area contributed by atoms with E-state index in [1.165, 1.54) is 0 Å². The average Bonchev–Trinajstić information content (AvgIpc) is 3.08. The summed E-state index contributed by atoms with van der Waals surface area (Å²) in [4.78, 5) is 19.6. The standard InChI is InChI=1S/C21H19ClN4O/c1-13(17-10-15-6-4-8-18(22)20(15)25-21(17)27)24-16-7-3-5-14(9-16)19-11-23-12-26(19)2/h3-13,24H,1-2H3,(H,25,27)/t13-/m0/s1. The molecule has 0 saturated carbocycles. The molecular weight excluding hydrogens is 360 g/mol. The lowest BCUT2D eigenvalue weighted by atomic mass is 10.1. The number of H-pyrrole nitrogens is 1. The van der Waals surface area contributed by atoms with E-state index in [0.717, 1.165) is 22.3 Å². The minimum atomic E-state index is -0.168. The molecule has 0 spiro atoms. The van der Waals surface area contributed by atoms with Crippen LogP contribution in [0.5, 0.6) is 0 Å². The van der Waals surface area contributed by atoms with Gasteiger partial charge in [-0.05, 0) is 31.2 Å². The second kappa shape index (κ2) is 6.93. The fourth-order valence-corrected chi connectivity index (χ4v) is 3.49. The van der Waals surface area contributed by atoms with Gasteiger partial charge in [-0.25, -0.2) is 4.98 Å². The van der Waals surface area contributed by atoms with E-state index in [1.807, 2.05) is 61.1 Å². The maximum atomic E-state index is 12.5. The van der Waals surface area contributed by atoms with Gasteiger partial charge in [0.2, 0.25) is 0 Å². The second-order valence-corrected chi connectivity index (χ2v) is 7.00. The summed E-state index contributed by atoms with van der Waals surface area (Å²) in [7, 11) is 1.96. The maximum Gasteiger partial charge on any atom is 0.253 e. The quantitative estimate of drug-likeness (QED) is 0.538. The number of aromatic nitrogens is 3. The summed E-state index contributed by atoms with van der Waals surface area (Å²) in [5, 5.41) is 4.87. The molecule has 5 nitrogen and oxygen atoms in total. The van der Waals surface area contributed by atoms with E-state index in [0.29, 0.717) is 16.1 Å². The van der Waals surface area contributed by atoms with Crippen molar-refractivity contribution in [2.24, 2.45) is 7.05 Å². The van der Waals surface area contributed by atoms with Crippen LogP contribution >= 0.6 is 11.6 Å². The molecule has 0 saturated heterocycles. The Morgan fingerprint density at radius 3 is 2.78 bits per heavy atom. The Bertz CT molecular complexity index is 1180. The normalized spacial score (nSPS) is 12.3. The molecule has 0 aliphatic heterocycles. The number of pyridine rings is 1. The molecule has 4 rings (SSSR count). The molecule has 0 fully saturated rings. The summed E-state index contributed by atoms with van der Waals surface area (Å²) in [6.45, 7) is 1.97. The molecule has 27 heavy (non-hydrogen) atoms. The maximum absolute atomic E-state index is 12.5. The molecular formula is C21H19ClN4O. The van der Waals surface area contributed by atoms with Crippen LogP contribution in [-0.2, 0) is 7.05 Å². The van der Waals surface area contributed by atoms with Crippen molar-refractivity contribution in [1.82, 2.24) is 14.5 Å². The number of nitrogens with one attached hydrogen (secondary N) is 2. The fraction of sp³-hybridized carbons (Fsp3) is 0.143. The Kier molecular flexibility index (Phi) is 4.46. The number of anilines is 1. The van der Waals surface area contributed by atoms with E-state index >= 15 is 0 Å². The molecule has 2 heterocycles. The Hall–Kier alpha value is -3.05. The van der Waals surface area contributed by atoms with Crippen LogP contribution in [0.25, 0.3) is 22.2 Å². The highest BCUT2D eigenvalue weighted by Gasteiger charge is 2.13. The number of aryl methyl sites for hydroxylation is 1. The van der Waals surface area contributed by atoms with Gasteiger partial charge in [0.15, 0.2) is 0 Å². The van der Waals surface area contributed by atoms with Crippen LogP contribution in [0.1, 0.15) is 18.5 Å². The summed E-state index contributed by atoms with van der Waals surface area (Å²) >= 11 is 6.18. The van der Waals surface area contributed by atoms with Crippen LogP contribution in [0.4, 0.5) is 5.69 Å². The minimum absolute atomic E-state index is 0.140. The number of imidazole rings is 1. The predicted molar refractivity (Wildman–Crippen MR) is 110 cm³/mol. The third-order valence-electron chi connectivity index (χ3n) is 4.68. The number of para-hydroxylation sites is 1. The molecule has 6 heteroatoms. The zero-order valence-corrected chi connectivity index (χ0v) is 15.8. The monoisotopic (exact) mass is 378 g/mol. The van der Waals surface area contributed by atoms with E-state index in [4.69, 9.17) is 11.6 Å². The number of benzene rings is 2. The summed E-state index contributed by atoms with van der Waals surface area (Å²) in [5.74, 6) is 0. The van der Waals surface area contributed by atoms with E-state index in [-0.39, 0.29) is 11.6 Å². The smallest absolute Gasteiger partial charge is 0.253 e. The van der Waals surface area contributed by atoms with Gasteiger partial charge in [-0.3, -0.25) is 4.79 Å². The number of hydrogen-bond donors (Lipinski definition) is 2. The van der Waals surface area contributed by atoms with Gasteiger partial charge in [0.1, 0.15) is 0 Å². The van der Waals surface area contributed by atoms with Crippen molar-refractivity contribution in [1.29, 1.82) is 0 Å². The molecule has 1 atom stereocenters. The number of fused-ring (bicyclic) bond motifs is 1. The topological polar surface area (TPSA) is 62.7 Å². The number of aromatic amines is 1. The van der Waals surface area contributed by atoms with Crippen molar-refractivity contribution in [3.63, 3.8) is 0 Å². The molecule has 0 bridgehead atoms. The number of hydrogen-bond acceptors (Lipinski definition) is 3. The third kappa shape index (κ3) is 3.34. The summed E-state index contributed by atoms with van der Waals surface area (Å²) in [6, 6.07) is 15.4. The number of nitrogens with zero attached hydrogens (tertiary/aromatic N) is 2. The van der Waals surface area contributed by atoms with Crippen molar-refractivity contribution >= 4 is 28.2 Å². The second-order valence-electron chi connectivity index (χ2n) is 6.59. The van der Waals surface area contributed by atoms with Crippen LogP contribution in [0.2, 0.25) is 5.02 Å². The molecule has 0 amide bonds. The fourth-order valence-electron chi connectivity index (χ4n) is 3.26. The molecule has 136 valence electrons. The zero-order valence-electron chi connectivity index (χ0n) is 15.0. The molecule has 2 aromatic heterocycles. The van der Waals surface area contributed by atoms with E-state index in [9.17, 15) is 4.79 Å². The Balaban J connectivity index is 1.66. The molecule has 2 N–H and O–H groups in total. The average molecular weight is 379 g/mol. The van der Waals surface area contributed by atoms with Crippen molar-refractivity contribution in [3.05, 3.63) is 82.0 Å². The van der Waals surface area contributed by atoms with Gasteiger partial charge in [0.25, 0.3) is 5.56 Å². The summed E-state index contributed by atoms with van der Waals surface area (Å²) < 4.78 is 1.97. The molecule has 0 aliphatic carbocycles. The molecule has 0 radical (unpaired) electrons. The molecule has 4 aromatic rings. The van der Waals surface area contributed by atoms with Gasteiger partial charge in [-0.15, -0.1) is 0 Å². The van der Waals surface area contributed by atoms with Crippen LogP contribution in [-0.4, -0.2) is 14.5 Å². The first kappa shape index (κ1) is 17.4. The lowest BCUT2D eigenvalue weighted by molar-refractivity contribution is 0.866. The summed E-state index contributed by atoms with van der Waals surface area (Å²) in [5.41, 5.74) is 4.22. The largest absolute Gasteiger partial charge is 0.378 e. The third-order valence-corrected chi connectivity index (χ3v) is 5.00. The first-order valence-corrected chi connectivity index (χ1v) is 9.05. The molecule has 0 unspecified atom stereocenters. The van der Waals surface area contributed by atoms with Crippen molar-refractivity contribution < 1.29 is 0 Å². The Labute approximate surface area is 161 Å². The highest BCUT2D eigenvalue weighted by atomic mass is 35.5.